The predicted octanol–water partition coefficient (Wildman–Crippen LogP) is 11.4. The van der Waals surface area contributed by atoms with Crippen LogP contribution in [0.4, 0.5) is 0 Å². The molecule has 0 bridgehead atoms. The third-order valence-electron chi connectivity index (χ3n) is 15.1. The molecule has 8 nitrogen and oxygen atoms in total. The zero-order valence-corrected chi connectivity index (χ0v) is 45.0. The molecule has 0 aromatic heterocycles. The number of rotatable bonds is 9. The van der Waals surface area contributed by atoms with E-state index in [0.717, 1.165) is 73.5 Å². The number of methoxy groups -OCH3 is 1. The second-order valence-corrected chi connectivity index (χ2v) is 22.0. The average molecular weight is 892 g/mol. The van der Waals surface area contributed by atoms with E-state index in [1.54, 1.807) is 7.11 Å². The maximum Gasteiger partial charge on any atom is 0.0513 e. The van der Waals surface area contributed by atoms with Gasteiger partial charge in [0.25, 0.3) is 0 Å². The van der Waals surface area contributed by atoms with Gasteiger partial charge in [0.2, 0.25) is 0 Å². The van der Waals surface area contributed by atoms with Crippen LogP contribution in [0.25, 0.3) is 0 Å². The van der Waals surface area contributed by atoms with Gasteiger partial charge in [-0.25, -0.2) is 0 Å². The van der Waals surface area contributed by atoms with Crippen molar-refractivity contribution >= 4 is 0 Å². The second kappa shape index (κ2) is 35.8. The average Bonchev–Trinajstić information content (AvgIpc) is 4.22. The Morgan fingerprint density at radius 3 is 1.29 bits per heavy atom. The van der Waals surface area contributed by atoms with Crippen LogP contribution >= 0.6 is 0 Å². The quantitative estimate of drug-likeness (QED) is 0.212. The standard InChI is InChI=1S/C9H17N.2C8H17N.C7H13N.2C7H15N.C5H12O.C4H8O/c1-8-4-6-10(7-5-8)9-2-3-9;1-3-9-6-4-5-8(2)7-9;1-3-8-6-5-7-9(8)4-2;1-6-4-8(5-6)7-2-3-7;1-7-3-5-8(2)6-4-7;1-3-8-5-4-7(2)6-8;1-3-4-5-6-2;1-4-2-5-3-4/h8-9H,2-7H2,1H3;2*8H,3-7H2,1-2H3;6-7H,2-5H2,1H3;2*7H,3-6H2,1-2H3;3-5H2,1-2H3;4H,2-3H2,1H3/t;8-;;;;7-;;/m.1...1../s1. The molecule has 0 aromatic carbocycles. The number of hydrogen-bond donors (Lipinski definition) is 0. The fraction of sp³-hybridized carbons (Fsp3) is 1.00. The van der Waals surface area contributed by atoms with Crippen LogP contribution in [0.5, 0.6) is 0 Å². The second-order valence-electron chi connectivity index (χ2n) is 22.0. The Morgan fingerprint density at radius 2 is 0.968 bits per heavy atom. The van der Waals surface area contributed by atoms with E-state index in [1.165, 1.54) is 194 Å². The summed E-state index contributed by atoms with van der Waals surface area (Å²) in [5, 5.41) is 0. The molecule has 7 aliphatic heterocycles. The van der Waals surface area contributed by atoms with Crippen LogP contribution in [-0.4, -0.2) is 173 Å². The van der Waals surface area contributed by atoms with Gasteiger partial charge in [-0.3, -0.25) is 4.90 Å². The maximum absolute atomic E-state index is 4.83. The van der Waals surface area contributed by atoms with Crippen molar-refractivity contribution < 1.29 is 9.47 Å². The molecule has 9 aliphatic rings. The van der Waals surface area contributed by atoms with E-state index in [9.17, 15) is 0 Å². The smallest absolute Gasteiger partial charge is 0.0513 e. The van der Waals surface area contributed by atoms with Crippen LogP contribution in [-0.2, 0) is 9.47 Å². The number of nitrogens with zero attached hydrogens (tertiary/aromatic N) is 6. The molecule has 7 heterocycles. The van der Waals surface area contributed by atoms with Crippen molar-refractivity contribution in [2.24, 2.45) is 35.5 Å². The molecular weight excluding hydrogens is 777 g/mol. The van der Waals surface area contributed by atoms with Gasteiger partial charge >= 0.3 is 0 Å². The third-order valence-corrected chi connectivity index (χ3v) is 15.1. The van der Waals surface area contributed by atoms with Gasteiger partial charge in [0.15, 0.2) is 0 Å². The largest absolute Gasteiger partial charge is 0.385 e. The molecule has 0 spiro atoms. The Hall–Kier alpha value is -0.320. The van der Waals surface area contributed by atoms with E-state index in [-0.39, 0.29) is 0 Å². The van der Waals surface area contributed by atoms with E-state index in [4.69, 9.17) is 9.47 Å². The lowest BCUT2D eigenvalue weighted by atomic mass is 9.99. The molecule has 9 fully saturated rings. The van der Waals surface area contributed by atoms with Crippen molar-refractivity contribution in [1.82, 2.24) is 29.4 Å². The molecule has 63 heavy (non-hydrogen) atoms. The molecule has 3 atom stereocenters. The summed E-state index contributed by atoms with van der Waals surface area (Å²) in [7, 11) is 3.93. The Labute approximate surface area is 395 Å². The van der Waals surface area contributed by atoms with Gasteiger partial charge in [0.05, 0.1) is 13.2 Å². The van der Waals surface area contributed by atoms with Crippen molar-refractivity contribution in [1.29, 1.82) is 0 Å². The molecule has 1 unspecified atom stereocenters. The Bertz CT molecular complexity index is 995. The Morgan fingerprint density at radius 1 is 0.476 bits per heavy atom. The highest BCUT2D eigenvalue weighted by molar-refractivity contribution is 4.91. The zero-order valence-electron chi connectivity index (χ0n) is 45.0. The highest BCUT2D eigenvalue weighted by Gasteiger charge is 2.35. The number of hydrogen-bond acceptors (Lipinski definition) is 8. The highest BCUT2D eigenvalue weighted by atomic mass is 16.5. The lowest BCUT2D eigenvalue weighted by Crippen LogP contribution is -2.46. The van der Waals surface area contributed by atoms with Crippen molar-refractivity contribution in [3.05, 3.63) is 0 Å². The van der Waals surface area contributed by atoms with Gasteiger partial charge in [0.1, 0.15) is 0 Å². The first-order valence-corrected chi connectivity index (χ1v) is 27.8. The number of likely N-dealkylation sites (tertiary alicyclic amines) is 6. The lowest BCUT2D eigenvalue weighted by Gasteiger charge is -2.37. The van der Waals surface area contributed by atoms with E-state index in [0.29, 0.717) is 0 Å². The lowest BCUT2D eigenvalue weighted by molar-refractivity contribution is -0.0221. The van der Waals surface area contributed by atoms with Crippen LogP contribution in [0.3, 0.4) is 0 Å². The van der Waals surface area contributed by atoms with Gasteiger partial charge in [-0.15, -0.1) is 0 Å². The number of piperidine rings is 3. The monoisotopic (exact) mass is 891 g/mol. The van der Waals surface area contributed by atoms with Gasteiger partial charge < -0.3 is 34.0 Å². The summed E-state index contributed by atoms with van der Waals surface area (Å²) in [6.07, 6.45) is 22.5. The van der Waals surface area contributed by atoms with Crippen molar-refractivity contribution in [3.63, 3.8) is 0 Å². The van der Waals surface area contributed by atoms with Crippen LogP contribution in [0.15, 0.2) is 0 Å². The summed E-state index contributed by atoms with van der Waals surface area (Å²) >= 11 is 0. The number of ether oxygens (including phenoxy) is 2. The highest BCUT2D eigenvalue weighted by Crippen LogP contribution is 2.32. The normalized spacial score (nSPS) is 27.9. The van der Waals surface area contributed by atoms with Gasteiger partial charge in [0, 0.05) is 63.9 Å². The van der Waals surface area contributed by atoms with Crippen LogP contribution in [0.2, 0.25) is 0 Å². The topological polar surface area (TPSA) is 37.9 Å². The van der Waals surface area contributed by atoms with E-state index >= 15 is 0 Å². The Kier molecular flexibility index (Phi) is 33.4. The van der Waals surface area contributed by atoms with Crippen molar-refractivity contribution in [2.45, 2.75) is 197 Å². The first-order valence-electron chi connectivity index (χ1n) is 27.8. The molecule has 0 radical (unpaired) electrons. The third kappa shape index (κ3) is 28.6. The van der Waals surface area contributed by atoms with Crippen LogP contribution < -0.4 is 0 Å². The van der Waals surface area contributed by atoms with Crippen LogP contribution in [0.1, 0.15) is 179 Å². The molecule has 7 saturated heterocycles. The minimum absolute atomic E-state index is 0.843. The van der Waals surface area contributed by atoms with Crippen LogP contribution in [0, 0.1) is 35.5 Å². The molecule has 2 saturated carbocycles. The summed E-state index contributed by atoms with van der Waals surface area (Å²) in [5.74, 6) is 5.71. The molecule has 2 aliphatic carbocycles. The molecule has 8 heteroatoms. The van der Waals surface area contributed by atoms with Crippen molar-refractivity contribution in [3.8, 4) is 0 Å². The summed E-state index contributed by atoms with van der Waals surface area (Å²) < 4.78 is 9.62. The van der Waals surface area contributed by atoms with E-state index in [2.05, 4.69) is 113 Å². The summed E-state index contributed by atoms with van der Waals surface area (Å²) in [4.78, 5) is 15.3. The minimum atomic E-state index is 0.843. The molecule has 0 amide bonds. The zero-order chi connectivity index (χ0) is 46.4. The van der Waals surface area contributed by atoms with Gasteiger partial charge in [-0.05, 0) is 198 Å². The first-order chi connectivity index (χ1) is 30.3. The fourth-order valence-electron chi connectivity index (χ4n) is 9.76. The fourth-order valence-corrected chi connectivity index (χ4v) is 9.76. The molecule has 9 rings (SSSR count). The van der Waals surface area contributed by atoms with Crippen molar-refractivity contribution in [2.75, 3.05) is 126 Å². The van der Waals surface area contributed by atoms with Gasteiger partial charge in [-0.2, -0.15) is 0 Å². The summed E-state index contributed by atoms with van der Waals surface area (Å²) in [6, 6.07) is 2.94. The SMILES string of the molecule is CC1CCN(C)CC1.CC1CCN(C2CC2)CC1.CC1CN(C2CC2)C1.CC1COC1.CCC1CCCN1CC.CCCCOC.CCN1CCC[C@@H](C)C1.CCN1CC[C@@H](C)C1. The Balaban J connectivity index is 0.000000249. The maximum atomic E-state index is 4.83. The van der Waals surface area contributed by atoms with Gasteiger partial charge in [-0.1, -0.05) is 82.6 Å². The first kappa shape index (κ1) is 58.8. The van der Waals surface area contributed by atoms with E-state index < -0.39 is 0 Å². The molecule has 0 aromatic rings. The molecular formula is C55H114N6O2. The minimum Gasteiger partial charge on any atom is -0.385 e. The van der Waals surface area contributed by atoms with E-state index in [1.807, 2.05) is 0 Å². The summed E-state index contributed by atoms with van der Waals surface area (Å²) in [6.45, 7) is 46.5. The summed E-state index contributed by atoms with van der Waals surface area (Å²) in [5.41, 5.74) is 0. The molecule has 376 valence electrons. The number of unbranched alkanes of at least 4 members (excludes halogenated alkanes) is 1. The molecule has 0 N–H and O–H groups in total. The predicted molar refractivity (Wildman–Crippen MR) is 276 cm³/mol.